The predicted molar refractivity (Wildman–Crippen MR) is 109 cm³/mol. The van der Waals surface area contributed by atoms with Crippen LogP contribution in [0.25, 0.3) is 11.3 Å². The molecule has 0 saturated carbocycles. The van der Waals surface area contributed by atoms with Crippen LogP contribution in [-0.4, -0.2) is 39.3 Å². The van der Waals surface area contributed by atoms with Crippen LogP contribution in [0.2, 0.25) is 0 Å². The molecule has 0 spiro atoms. The lowest BCUT2D eigenvalue weighted by Gasteiger charge is -2.13. The summed E-state index contributed by atoms with van der Waals surface area (Å²) in [5, 5.41) is 7.21. The Labute approximate surface area is 168 Å². The molecule has 29 heavy (non-hydrogen) atoms. The maximum Gasteiger partial charge on any atom is 0.327 e. The third-order valence-electron chi connectivity index (χ3n) is 4.23. The smallest absolute Gasteiger partial charge is 0.327 e. The zero-order valence-electron chi connectivity index (χ0n) is 16.1. The van der Waals surface area contributed by atoms with E-state index in [0.29, 0.717) is 17.9 Å². The van der Waals surface area contributed by atoms with Gasteiger partial charge in [0.1, 0.15) is 12.4 Å². The first-order valence-corrected chi connectivity index (χ1v) is 9.31. The van der Waals surface area contributed by atoms with Gasteiger partial charge in [-0.3, -0.25) is 14.6 Å². The average molecular weight is 393 g/mol. The van der Waals surface area contributed by atoms with E-state index in [-0.39, 0.29) is 19.1 Å². The third kappa shape index (κ3) is 5.49. The quantitative estimate of drug-likeness (QED) is 0.566. The number of hydrogen-bond acceptors (Lipinski definition) is 6. The standard InChI is InChI=1S/C21H23N5O3/c1-2-29-20(27)14-26-19(13-18(25-26)16-8-10-23-11-9-16)24-21(28)17(22)12-15-6-4-3-5-7-15/h3-11,13,17H,2,12,14,22H2,1H3,(H,24,28). The van der Waals surface area contributed by atoms with Crippen molar-refractivity contribution in [2.45, 2.75) is 25.9 Å². The number of benzene rings is 1. The largest absolute Gasteiger partial charge is 0.465 e. The molecule has 2 heterocycles. The lowest BCUT2D eigenvalue weighted by Crippen LogP contribution is -2.38. The van der Waals surface area contributed by atoms with Crippen molar-refractivity contribution in [2.75, 3.05) is 11.9 Å². The van der Waals surface area contributed by atoms with Gasteiger partial charge < -0.3 is 15.8 Å². The number of aromatic nitrogens is 3. The molecular formula is C21H23N5O3. The summed E-state index contributed by atoms with van der Waals surface area (Å²) in [6.07, 6.45) is 3.69. The normalized spacial score (nSPS) is 11.7. The predicted octanol–water partition coefficient (Wildman–Crippen LogP) is 2.02. The van der Waals surface area contributed by atoms with E-state index in [1.54, 1.807) is 37.5 Å². The second kappa shape index (κ2) is 9.61. The van der Waals surface area contributed by atoms with E-state index >= 15 is 0 Å². The van der Waals surface area contributed by atoms with Crippen molar-refractivity contribution in [3.63, 3.8) is 0 Å². The first-order chi connectivity index (χ1) is 14.1. The van der Waals surface area contributed by atoms with Gasteiger partial charge in [-0.25, -0.2) is 4.68 Å². The van der Waals surface area contributed by atoms with Gasteiger partial charge in [0.05, 0.1) is 18.3 Å². The molecule has 3 N–H and O–H groups in total. The first-order valence-electron chi connectivity index (χ1n) is 9.31. The third-order valence-corrected chi connectivity index (χ3v) is 4.23. The Bertz CT molecular complexity index is 957. The number of esters is 1. The molecule has 1 atom stereocenters. The van der Waals surface area contributed by atoms with Gasteiger partial charge in [-0.2, -0.15) is 5.10 Å². The van der Waals surface area contributed by atoms with Gasteiger partial charge in [0.15, 0.2) is 0 Å². The minimum Gasteiger partial charge on any atom is -0.465 e. The summed E-state index contributed by atoms with van der Waals surface area (Å²) < 4.78 is 6.40. The molecule has 8 heteroatoms. The number of nitrogens with two attached hydrogens (primary N) is 1. The fourth-order valence-electron chi connectivity index (χ4n) is 2.81. The van der Waals surface area contributed by atoms with Crippen molar-refractivity contribution >= 4 is 17.7 Å². The SMILES string of the molecule is CCOC(=O)Cn1nc(-c2ccncc2)cc1NC(=O)C(N)Cc1ccccc1. The molecule has 0 aliphatic carbocycles. The number of anilines is 1. The van der Waals surface area contributed by atoms with Crippen molar-refractivity contribution < 1.29 is 14.3 Å². The summed E-state index contributed by atoms with van der Waals surface area (Å²) >= 11 is 0. The number of carbonyl (C=O) groups is 2. The van der Waals surface area contributed by atoms with Crippen LogP contribution in [0.1, 0.15) is 12.5 Å². The molecule has 2 aromatic heterocycles. The minimum atomic E-state index is -0.743. The van der Waals surface area contributed by atoms with E-state index < -0.39 is 12.0 Å². The van der Waals surface area contributed by atoms with Crippen LogP contribution in [0, 0.1) is 0 Å². The average Bonchev–Trinajstić information content (AvgIpc) is 3.11. The van der Waals surface area contributed by atoms with Gasteiger partial charge in [-0.1, -0.05) is 30.3 Å². The van der Waals surface area contributed by atoms with Gasteiger partial charge in [-0.05, 0) is 31.0 Å². The summed E-state index contributed by atoms with van der Waals surface area (Å²) in [5.41, 5.74) is 8.45. The number of pyridine rings is 1. The summed E-state index contributed by atoms with van der Waals surface area (Å²) in [6.45, 7) is 1.87. The Morgan fingerprint density at radius 3 is 2.59 bits per heavy atom. The van der Waals surface area contributed by atoms with Crippen LogP contribution in [-0.2, 0) is 27.3 Å². The summed E-state index contributed by atoms with van der Waals surface area (Å²) in [5.74, 6) is -0.431. The highest BCUT2D eigenvalue weighted by atomic mass is 16.5. The monoisotopic (exact) mass is 393 g/mol. The molecule has 3 aromatic rings. The molecule has 0 aliphatic heterocycles. The Morgan fingerprint density at radius 2 is 1.90 bits per heavy atom. The Hall–Kier alpha value is -3.52. The highest BCUT2D eigenvalue weighted by Crippen LogP contribution is 2.21. The number of rotatable bonds is 8. The lowest BCUT2D eigenvalue weighted by molar-refractivity contribution is -0.144. The van der Waals surface area contributed by atoms with Gasteiger partial charge in [-0.15, -0.1) is 0 Å². The maximum atomic E-state index is 12.6. The highest BCUT2D eigenvalue weighted by molar-refractivity contribution is 5.94. The number of amides is 1. The molecule has 0 fully saturated rings. The molecule has 0 bridgehead atoms. The van der Waals surface area contributed by atoms with E-state index in [9.17, 15) is 9.59 Å². The van der Waals surface area contributed by atoms with Crippen molar-refractivity contribution in [2.24, 2.45) is 5.73 Å². The summed E-state index contributed by atoms with van der Waals surface area (Å²) in [4.78, 5) is 28.6. The van der Waals surface area contributed by atoms with E-state index in [1.165, 1.54) is 4.68 Å². The maximum absolute atomic E-state index is 12.6. The van der Waals surface area contributed by atoms with Crippen molar-refractivity contribution in [1.29, 1.82) is 0 Å². The van der Waals surface area contributed by atoms with Gasteiger partial charge in [0.2, 0.25) is 5.91 Å². The number of ether oxygens (including phenoxy) is 1. The topological polar surface area (TPSA) is 112 Å². The number of nitrogens with zero attached hydrogens (tertiary/aromatic N) is 3. The molecular weight excluding hydrogens is 370 g/mol. The number of hydrogen-bond donors (Lipinski definition) is 2. The van der Waals surface area contributed by atoms with Crippen molar-refractivity contribution in [3.05, 3.63) is 66.5 Å². The highest BCUT2D eigenvalue weighted by Gasteiger charge is 2.19. The van der Waals surface area contributed by atoms with E-state index in [4.69, 9.17) is 10.5 Å². The van der Waals surface area contributed by atoms with Crippen molar-refractivity contribution in [1.82, 2.24) is 14.8 Å². The molecule has 0 saturated heterocycles. The minimum absolute atomic E-state index is 0.123. The summed E-state index contributed by atoms with van der Waals surface area (Å²) in [7, 11) is 0. The Kier molecular flexibility index (Phi) is 6.70. The zero-order valence-corrected chi connectivity index (χ0v) is 16.1. The van der Waals surface area contributed by atoms with Crippen LogP contribution in [0.3, 0.4) is 0 Å². The molecule has 1 aromatic carbocycles. The molecule has 150 valence electrons. The molecule has 1 unspecified atom stereocenters. The van der Waals surface area contributed by atoms with Gasteiger partial charge >= 0.3 is 5.97 Å². The molecule has 1 amide bonds. The first kappa shape index (κ1) is 20.2. The fourth-order valence-corrected chi connectivity index (χ4v) is 2.81. The molecule has 0 aliphatic rings. The molecule has 8 nitrogen and oxygen atoms in total. The zero-order chi connectivity index (χ0) is 20.6. The fraction of sp³-hybridized carbons (Fsp3) is 0.238. The number of carbonyl (C=O) groups excluding carboxylic acids is 2. The summed E-state index contributed by atoms with van der Waals surface area (Å²) in [6, 6.07) is 14.1. The second-order valence-corrected chi connectivity index (χ2v) is 6.40. The van der Waals surface area contributed by atoms with E-state index in [1.807, 2.05) is 30.3 Å². The van der Waals surface area contributed by atoms with Gasteiger partial charge in [0.25, 0.3) is 0 Å². The molecule has 0 radical (unpaired) electrons. The van der Waals surface area contributed by atoms with Crippen LogP contribution < -0.4 is 11.1 Å². The Balaban J connectivity index is 1.79. The van der Waals surface area contributed by atoms with Crippen LogP contribution in [0.5, 0.6) is 0 Å². The molecule has 3 rings (SSSR count). The number of nitrogens with one attached hydrogen (secondary N) is 1. The second-order valence-electron chi connectivity index (χ2n) is 6.40. The Morgan fingerprint density at radius 1 is 1.17 bits per heavy atom. The van der Waals surface area contributed by atoms with Crippen LogP contribution in [0.4, 0.5) is 5.82 Å². The lowest BCUT2D eigenvalue weighted by atomic mass is 10.1. The van der Waals surface area contributed by atoms with E-state index in [2.05, 4.69) is 15.4 Å². The van der Waals surface area contributed by atoms with E-state index in [0.717, 1.165) is 11.1 Å². The van der Waals surface area contributed by atoms with Crippen LogP contribution in [0.15, 0.2) is 60.9 Å². The van der Waals surface area contributed by atoms with Gasteiger partial charge in [0, 0.05) is 24.0 Å². The van der Waals surface area contributed by atoms with Crippen LogP contribution >= 0.6 is 0 Å². The van der Waals surface area contributed by atoms with Crippen molar-refractivity contribution in [3.8, 4) is 11.3 Å².